The minimum absolute atomic E-state index is 0.0668. The fourth-order valence-corrected chi connectivity index (χ4v) is 5.71. The Morgan fingerprint density at radius 2 is 1.79 bits per heavy atom. The van der Waals surface area contributed by atoms with Gasteiger partial charge in [0.2, 0.25) is 5.88 Å². The van der Waals surface area contributed by atoms with Crippen LogP contribution in [-0.2, 0) is 33.3 Å². The number of fused-ring (bicyclic) bond motifs is 1. The number of likely N-dealkylation sites (N-methyl/N-ethyl adjacent to an activating group) is 1. The molecule has 1 fully saturated rings. The quantitative estimate of drug-likeness (QED) is 0.684. The van der Waals surface area contributed by atoms with Gasteiger partial charge in [-0.05, 0) is 68.5 Å². The van der Waals surface area contributed by atoms with E-state index in [4.69, 9.17) is 9.47 Å². The Morgan fingerprint density at radius 1 is 1.12 bits per heavy atom. The first kappa shape index (κ1) is 23.9. The average Bonchev–Trinajstić information content (AvgIpc) is 3.00. The van der Waals surface area contributed by atoms with Gasteiger partial charge in [-0.1, -0.05) is 12.1 Å². The van der Waals surface area contributed by atoms with Gasteiger partial charge in [0.05, 0.1) is 18.1 Å². The van der Waals surface area contributed by atoms with E-state index < -0.39 is 15.7 Å². The molecule has 2 heterocycles. The molecule has 1 N–H and O–H groups in total. The summed E-state index contributed by atoms with van der Waals surface area (Å²) < 4.78 is 55.0. The van der Waals surface area contributed by atoms with E-state index in [0.29, 0.717) is 36.9 Å². The highest BCUT2D eigenvalue weighted by Crippen LogP contribution is 2.41. The zero-order valence-corrected chi connectivity index (χ0v) is 20.3. The topological polar surface area (TPSA) is 80.8 Å². The predicted molar refractivity (Wildman–Crippen MR) is 125 cm³/mol. The van der Waals surface area contributed by atoms with Gasteiger partial charge in [-0.2, -0.15) is 0 Å². The predicted octanol–water partition coefficient (Wildman–Crippen LogP) is 3.68. The number of alkyl halides is 1. The van der Waals surface area contributed by atoms with Gasteiger partial charge < -0.3 is 14.4 Å². The number of nitrogens with one attached hydrogen (secondary N) is 1. The van der Waals surface area contributed by atoms with Gasteiger partial charge >= 0.3 is 0 Å². The molecule has 0 atom stereocenters. The van der Waals surface area contributed by atoms with E-state index in [0.717, 1.165) is 37.2 Å². The number of methoxy groups -OCH3 is 2. The maximum absolute atomic E-state index is 15.5. The Kier molecular flexibility index (Phi) is 6.93. The van der Waals surface area contributed by atoms with Gasteiger partial charge in [0.25, 0.3) is 10.0 Å². The molecule has 180 valence electrons. The van der Waals surface area contributed by atoms with Crippen molar-refractivity contribution in [1.29, 1.82) is 0 Å². The highest BCUT2D eigenvalue weighted by atomic mass is 32.2. The lowest BCUT2D eigenvalue weighted by molar-refractivity contribution is 0.00579. The monoisotopic (exact) mass is 477 g/mol. The summed E-state index contributed by atoms with van der Waals surface area (Å²) in [5, 5.41) is 0. The highest BCUT2D eigenvalue weighted by Gasteiger charge is 2.37. The second kappa shape index (κ2) is 9.56. The Morgan fingerprint density at radius 3 is 2.42 bits per heavy atom. The van der Waals surface area contributed by atoms with Crippen LogP contribution in [0.2, 0.25) is 0 Å². The van der Waals surface area contributed by atoms with E-state index in [1.165, 1.54) is 19.2 Å². The maximum Gasteiger partial charge on any atom is 0.262 e. The molecule has 0 saturated heterocycles. The summed E-state index contributed by atoms with van der Waals surface area (Å²) in [6.45, 7) is 1.77. The number of benzene rings is 1. The molecule has 0 spiro atoms. The third-order valence-electron chi connectivity index (χ3n) is 6.83. The molecular weight excluding hydrogens is 445 g/mol. The van der Waals surface area contributed by atoms with Crippen LogP contribution in [0.3, 0.4) is 0 Å². The van der Waals surface area contributed by atoms with E-state index in [1.807, 2.05) is 6.07 Å². The summed E-state index contributed by atoms with van der Waals surface area (Å²) in [5.41, 5.74) is 1.30. The van der Waals surface area contributed by atoms with Crippen molar-refractivity contribution in [3.63, 3.8) is 0 Å². The molecule has 0 radical (unpaired) electrons. The lowest BCUT2D eigenvalue weighted by atomic mass is 9.80. The Hall–Kier alpha value is -2.23. The first-order valence-corrected chi connectivity index (χ1v) is 12.8. The zero-order chi connectivity index (χ0) is 23.6. The SMILES string of the molecule is COc1nc2c(cc1NS(=O)(=O)c1ccc(C3(F)CCC(OC)CC3)cc1)CCN(C)CC2. The van der Waals surface area contributed by atoms with Crippen LogP contribution < -0.4 is 9.46 Å². The first-order chi connectivity index (χ1) is 15.7. The number of halogens is 1. The van der Waals surface area contributed by atoms with Crippen LogP contribution in [0.4, 0.5) is 10.1 Å². The molecule has 33 heavy (non-hydrogen) atoms. The number of aromatic nitrogens is 1. The van der Waals surface area contributed by atoms with Crippen LogP contribution in [0.5, 0.6) is 5.88 Å². The van der Waals surface area contributed by atoms with Gasteiger partial charge in [0.15, 0.2) is 0 Å². The van der Waals surface area contributed by atoms with E-state index in [1.54, 1.807) is 19.2 Å². The summed E-state index contributed by atoms with van der Waals surface area (Å²) in [4.78, 5) is 6.85. The minimum Gasteiger partial charge on any atom is -0.479 e. The van der Waals surface area contributed by atoms with Crippen molar-refractivity contribution >= 4 is 15.7 Å². The summed E-state index contributed by atoms with van der Waals surface area (Å²) >= 11 is 0. The van der Waals surface area contributed by atoms with Crippen LogP contribution in [-0.4, -0.2) is 58.8 Å². The van der Waals surface area contributed by atoms with Crippen LogP contribution in [0.1, 0.15) is 42.5 Å². The molecule has 1 aliphatic heterocycles. The summed E-state index contributed by atoms with van der Waals surface area (Å²) in [7, 11) is 1.29. The lowest BCUT2D eigenvalue weighted by Gasteiger charge is -2.33. The third-order valence-corrected chi connectivity index (χ3v) is 8.21. The van der Waals surface area contributed by atoms with Gasteiger partial charge in [-0.15, -0.1) is 0 Å². The summed E-state index contributed by atoms with van der Waals surface area (Å²) in [6.07, 6.45) is 3.68. The molecule has 1 saturated carbocycles. The number of pyridine rings is 1. The van der Waals surface area contributed by atoms with Crippen LogP contribution in [0.25, 0.3) is 0 Å². The van der Waals surface area contributed by atoms with Crippen LogP contribution >= 0.6 is 0 Å². The van der Waals surface area contributed by atoms with Gasteiger partial charge in [-0.25, -0.2) is 17.8 Å². The molecule has 0 unspecified atom stereocenters. The van der Waals surface area contributed by atoms with Crippen molar-refractivity contribution in [1.82, 2.24) is 9.88 Å². The molecule has 1 aliphatic carbocycles. The maximum atomic E-state index is 15.5. The standard InChI is InChI=1S/C24H32FN3O4S/c1-28-14-10-17-16-22(23(32-3)26-21(17)11-15-28)27-33(29,30)20-6-4-18(5-7-20)24(25)12-8-19(31-2)9-13-24/h4-7,16,19,27H,8-15H2,1-3H3. The van der Waals surface area contributed by atoms with E-state index in [9.17, 15) is 8.42 Å². The molecule has 1 aromatic heterocycles. The van der Waals surface area contributed by atoms with E-state index in [2.05, 4.69) is 21.7 Å². The Labute approximate surface area is 195 Å². The second-order valence-electron chi connectivity index (χ2n) is 8.98. The van der Waals surface area contributed by atoms with Crippen LogP contribution in [0.15, 0.2) is 35.2 Å². The molecule has 4 rings (SSSR count). The molecule has 2 aliphatic rings. The number of hydrogen-bond acceptors (Lipinski definition) is 6. The van der Waals surface area contributed by atoms with Crippen molar-refractivity contribution < 1.29 is 22.3 Å². The fourth-order valence-electron chi connectivity index (χ4n) is 4.67. The first-order valence-electron chi connectivity index (χ1n) is 11.3. The van der Waals surface area contributed by atoms with Gasteiger partial charge in [0.1, 0.15) is 11.4 Å². The van der Waals surface area contributed by atoms with Crippen molar-refractivity contribution in [3.8, 4) is 5.88 Å². The molecule has 0 amide bonds. The summed E-state index contributed by atoms with van der Waals surface area (Å²) in [5.74, 6) is 0.246. The molecule has 0 bridgehead atoms. The average molecular weight is 478 g/mol. The zero-order valence-electron chi connectivity index (χ0n) is 19.4. The van der Waals surface area contributed by atoms with Crippen molar-refractivity contribution in [2.75, 3.05) is 39.1 Å². The molecule has 2 aromatic rings. The smallest absolute Gasteiger partial charge is 0.262 e. The molecule has 9 heteroatoms. The Balaban J connectivity index is 1.55. The Bertz CT molecular complexity index is 1080. The minimum atomic E-state index is -3.90. The van der Waals surface area contributed by atoms with Crippen molar-refractivity contribution in [2.45, 2.75) is 55.2 Å². The number of ether oxygens (including phenoxy) is 2. The number of sulfonamides is 1. The molecule has 7 nitrogen and oxygen atoms in total. The van der Waals surface area contributed by atoms with Gasteiger partial charge in [0, 0.05) is 32.3 Å². The van der Waals surface area contributed by atoms with E-state index in [-0.39, 0.29) is 16.9 Å². The molecule has 1 aromatic carbocycles. The van der Waals surface area contributed by atoms with Crippen molar-refractivity contribution in [3.05, 3.63) is 47.2 Å². The fraction of sp³-hybridized carbons (Fsp3) is 0.542. The number of hydrogen-bond donors (Lipinski definition) is 1. The summed E-state index contributed by atoms with van der Waals surface area (Å²) in [6, 6.07) is 7.88. The largest absolute Gasteiger partial charge is 0.479 e. The normalized spacial score (nSPS) is 24.1. The van der Waals surface area contributed by atoms with Crippen LogP contribution in [0, 0.1) is 0 Å². The number of rotatable bonds is 6. The number of anilines is 1. The highest BCUT2D eigenvalue weighted by molar-refractivity contribution is 7.92. The molecular formula is C24H32FN3O4S. The third kappa shape index (κ3) is 5.15. The lowest BCUT2D eigenvalue weighted by Crippen LogP contribution is -2.30. The van der Waals surface area contributed by atoms with Crippen molar-refractivity contribution in [2.24, 2.45) is 0 Å². The van der Waals surface area contributed by atoms with Gasteiger partial charge in [-0.3, -0.25) is 4.72 Å². The second-order valence-corrected chi connectivity index (χ2v) is 10.7. The van der Waals surface area contributed by atoms with E-state index >= 15 is 4.39 Å². The number of nitrogens with zero attached hydrogens (tertiary/aromatic N) is 2.